The van der Waals surface area contributed by atoms with Gasteiger partial charge in [-0.2, -0.15) is 0 Å². The van der Waals surface area contributed by atoms with Gasteiger partial charge in [0.1, 0.15) is 11.9 Å². The number of rotatable bonds is 6. The minimum absolute atomic E-state index is 0.110. The maximum Gasteiger partial charge on any atom is 0.230 e. The Morgan fingerprint density at radius 1 is 1.19 bits per heavy atom. The number of benzene rings is 1. The summed E-state index contributed by atoms with van der Waals surface area (Å²) in [6.45, 7) is 4.06. The van der Waals surface area contributed by atoms with Crippen LogP contribution in [0.25, 0.3) is 0 Å². The van der Waals surface area contributed by atoms with Crippen molar-refractivity contribution in [2.45, 2.75) is 64.0 Å². The van der Waals surface area contributed by atoms with Crippen molar-refractivity contribution >= 4 is 5.91 Å². The van der Waals surface area contributed by atoms with Gasteiger partial charge in [0.2, 0.25) is 11.8 Å². The molecular formula is C22H27FN2O2. The molecule has 2 aromatic rings. The molecular weight excluding hydrogens is 343 g/mol. The summed E-state index contributed by atoms with van der Waals surface area (Å²) < 4.78 is 19.1. The molecule has 27 heavy (non-hydrogen) atoms. The Hall–Kier alpha value is -2.43. The summed E-state index contributed by atoms with van der Waals surface area (Å²) in [6.07, 6.45) is 7.81. The number of nitrogens with one attached hydrogen (secondary N) is 1. The fourth-order valence-electron chi connectivity index (χ4n) is 3.38. The second-order valence-corrected chi connectivity index (χ2v) is 7.69. The van der Waals surface area contributed by atoms with E-state index in [9.17, 15) is 9.18 Å². The van der Waals surface area contributed by atoms with Crippen LogP contribution >= 0.6 is 0 Å². The van der Waals surface area contributed by atoms with Crippen molar-refractivity contribution in [1.29, 1.82) is 0 Å². The minimum Gasteiger partial charge on any atom is -0.474 e. The molecule has 0 atom stereocenters. The fraction of sp³-hybridized carbons (Fsp3) is 0.455. The largest absolute Gasteiger partial charge is 0.474 e. The number of carbonyl (C=O) groups is 1. The summed E-state index contributed by atoms with van der Waals surface area (Å²) in [4.78, 5) is 17.0. The molecule has 0 saturated heterocycles. The normalized spacial score (nSPS) is 15.4. The zero-order chi connectivity index (χ0) is 19.3. The second-order valence-electron chi connectivity index (χ2n) is 7.69. The van der Waals surface area contributed by atoms with Crippen LogP contribution < -0.4 is 10.1 Å². The van der Waals surface area contributed by atoms with E-state index < -0.39 is 5.41 Å². The number of hydrogen-bond acceptors (Lipinski definition) is 3. The predicted molar refractivity (Wildman–Crippen MR) is 103 cm³/mol. The number of halogens is 1. The molecule has 1 saturated carbocycles. The zero-order valence-corrected chi connectivity index (χ0v) is 16.0. The van der Waals surface area contributed by atoms with Gasteiger partial charge < -0.3 is 10.1 Å². The Balaban J connectivity index is 1.59. The molecule has 1 aromatic carbocycles. The fourth-order valence-corrected chi connectivity index (χ4v) is 3.38. The van der Waals surface area contributed by atoms with Crippen molar-refractivity contribution < 1.29 is 13.9 Å². The smallest absolute Gasteiger partial charge is 0.230 e. The van der Waals surface area contributed by atoms with E-state index in [0.717, 1.165) is 24.0 Å². The summed E-state index contributed by atoms with van der Waals surface area (Å²) >= 11 is 0. The standard InChI is InChI=1S/C22H27FN2O2/c1-22(2,17-8-10-18(23)11-9-17)21(26)25-15-16-12-13-24-20(14-16)27-19-6-4-3-5-7-19/h8-14,19H,3-7,15H2,1-2H3,(H,25,26). The summed E-state index contributed by atoms with van der Waals surface area (Å²) in [5.74, 6) is 0.198. The molecule has 1 aliphatic carbocycles. The molecule has 1 amide bonds. The maximum absolute atomic E-state index is 13.1. The van der Waals surface area contributed by atoms with Crippen molar-refractivity contribution in [1.82, 2.24) is 10.3 Å². The van der Waals surface area contributed by atoms with Gasteiger partial charge >= 0.3 is 0 Å². The third-order valence-corrected chi connectivity index (χ3v) is 5.23. The highest BCUT2D eigenvalue weighted by molar-refractivity contribution is 5.87. The lowest BCUT2D eigenvalue weighted by molar-refractivity contribution is -0.125. The zero-order valence-electron chi connectivity index (χ0n) is 16.0. The van der Waals surface area contributed by atoms with Crippen LogP contribution in [-0.4, -0.2) is 17.0 Å². The van der Waals surface area contributed by atoms with E-state index in [0.29, 0.717) is 12.4 Å². The number of amides is 1. The van der Waals surface area contributed by atoms with E-state index >= 15 is 0 Å². The molecule has 3 rings (SSSR count). The van der Waals surface area contributed by atoms with Crippen LogP contribution in [0.4, 0.5) is 4.39 Å². The third-order valence-electron chi connectivity index (χ3n) is 5.23. The molecule has 5 heteroatoms. The lowest BCUT2D eigenvalue weighted by atomic mass is 9.83. The van der Waals surface area contributed by atoms with Gasteiger partial charge in [-0.25, -0.2) is 9.37 Å². The first-order valence-electron chi connectivity index (χ1n) is 9.61. The van der Waals surface area contributed by atoms with Crippen molar-refractivity contribution in [3.05, 3.63) is 59.5 Å². The summed E-state index contributed by atoms with van der Waals surface area (Å²) in [5.41, 5.74) is 0.971. The van der Waals surface area contributed by atoms with Gasteiger partial charge in [-0.3, -0.25) is 4.79 Å². The molecule has 0 radical (unpaired) electrons. The van der Waals surface area contributed by atoms with E-state index in [-0.39, 0.29) is 17.8 Å². The molecule has 0 spiro atoms. The number of hydrogen-bond donors (Lipinski definition) is 1. The monoisotopic (exact) mass is 370 g/mol. The third kappa shape index (κ3) is 5.06. The number of aromatic nitrogens is 1. The number of pyridine rings is 1. The molecule has 144 valence electrons. The molecule has 0 aliphatic heterocycles. The van der Waals surface area contributed by atoms with Crippen LogP contribution in [-0.2, 0) is 16.8 Å². The van der Waals surface area contributed by atoms with Gasteiger partial charge in [0.05, 0.1) is 5.41 Å². The number of nitrogens with zero attached hydrogens (tertiary/aromatic N) is 1. The molecule has 0 bridgehead atoms. The first-order chi connectivity index (χ1) is 12.9. The van der Waals surface area contributed by atoms with Crippen molar-refractivity contribution in [3.8, 4) is 5.88 Å². The van der Waals surface area contributed by atoms with Gasteiger partial charge in [-0.15, -0.1) is 0 Å². The SMILES string of the molecule is CC(C)(C(=O)NCc1ccnc(OC2CCCCC2)c1)c1ccc(F)cc1. The minimum atomic E-state index is -0.748. The average Bonchev–Trinajstić information content (AvgIpc) is 2.67. The van der Waals surface area contributed by atoms with Gasteiger partial charge in [0, 0.05) is 18.8 Å². The van der Waals surface area contributed by atoms with Crippen molar-refractivity contribution in [2.75, 3.05) is 0 Å². The molecule has 1 N–H and O–H groups in total. The van der Waals surface area contributed by atoms with Crippen LogP contribution in [0.1, 0.15) is 57.1 Å². The average molecular weight is 370 g/mol. The number of carbonyl (C=O) groups excluding carboxylic acids is 1. The molecule has 0 unspecified atom stereocenters. The highest BCUT2D eigenvalue weighted by Gasteiger charge is 2.29. The molecule has 1 aliphatic rings. The molecule has 1 aromatic heterocycles. The first kappa shape index (κ1) is 19.3. The van der Waals surface area contributed by atoms with E-state index in [1.54, 1.807) is 18.3 Å². The van der Waals surface area contributed by atoms with Gasteiger partial charge in [-0.05, 0) is 68.9 Å². The van der Waals surface area contributed by atoms with Gasteiger partial charge in [0.25, 0.3) is 0 Å². The quantitative estimate of drug-likeness (QED) is 0.813. The topological polar surface area (TPSA) is 51.2 Å². The summed E-state index contributed by atoms with van der Waals surface area (Å²) in [7, 11) is 0. The molecule has 1 fully saturated rings. The van der Waals surface area contributed by atoms with E-state index in [1.165, 1.54) is 31.4 Å². The van der Waals surface area contributed by atoms with Crippen molar-refractivity contribution in [2.24, 2.45) is 0 Å². The highest BCUT2D eigenvalue weighted by Crippen LogP contribution is 2.25. The highest BCUT2D eigenvalue weighted by atomic mass is 19.1. The van der Waals surface area contributed by atoms with Crippen molar-refractivity contribution in [3.63, 3.8) is 0 Å². The van der Waals surface area contributed by atoms with E-state index in [4.69, 9.17) is 4.74 Å². The van der Waals surface area contributed by atoms with Gasteiger partial charge in [-0.1, -0.05) is 18.6 Å². The van der Waals surface area contributed by atoms with Crippen LogP contribution in [0, 0.1) is 5.82 Å². The lowest BCUT2D eigenvalue weighted by Gasteiger charge is -2.24. The lowest BCUT2D eigenvalue weighted by Crippen LogP contribution is -2.39. The van der Waals surface area contributed by atoms with Gasteiger partial charge in [0.15, 0.2) is 0 Å². The van der Waals surface area contributed by atoms with Crippen LogP contribution in [0.2, 0.25) is 0 Å². The summed E-state index contributed by atoms with van der Waals surface area (Å²) in [6, 6.07) is 9.82. The maximum atomic E-state index is 13.1. The van der Waals surface area contributed by atoms with E-state index in [1.807, 2.05) is 26.0 Å². The van der Waals surface area contributed by atoms with Crippen LogP contribution in [0.3, 0.4) is 0 Å². The predicted octanol–water partition coefficient (Wildman–Crippen LogP) is 4.53. The molecule has 4 nitrogen and oxygen atoms in total. The Kier molecular flexibility index (Phi) is 6.09. The Morgan fingerprint density at radius 2 is 1.89 bits per heavy atom. The molecule has 1 heterocycles. The number of ether oxygens (including phenoxy) is 1. The summed E-state index contributed by atoms with van der Waals surface area (Å²) in [5, 5.41) is 2.97. The van der Waals surface area contributed by atoms with Crippen LogP contribution in [0.15, 0.2) is 42.6 Å². The Labute approximate surface area is 160 Å². The Bertz CT molecular complexity index is 768. The Morgan fingerprint density at radius 3 is 2.59 bits per heavy atom. The van der Waals surface area contributed by atoms with E-state index in [2.05, 4.69) is 10.3 Å². The second kappa shape index (κ2) is 8.51. The first-order valence-corrected chi connectivity index (χ1v) is 9.61. The van der Waals surface area contributed by atoms with Crippen LogP contribution in [0.5, 0.6) is 5.88 Å².